The highest BCUT2D eigenvalue weighted by Crippen LogP contribution is 2.14. The number of rotatable bonds is 11. The molecule has 28 heavy (non-hydrogen) atoms. The van der Waals surface area contributed by atoms with Crippen LogP contribution in [0.5, 0.6) is 0 Å². The molecule has 1 unspecified atom stereocenters. The SMILES string of the molecule is CCNC(=NCCCOCC1CCOCC1)NCCS(=O)c1ccccc1.I. The molecule has 1 fully saturated rings. The van der Waals surface area contributed by atoms with Crippen LogP contribution in [0.4, 0.5) is 0 Å². The molecule has 2 rings (SSSR count). The highest BCUT2D eigenvalue weighted by atomic mass is 127. The van der Waals surface area contributed by atoms with Crippen LogP contribution in [0.25, 0.3) is 0 Å². The van der Waals surface area contributed by atoms with Crippen LogP contribution >= 0.6 is 24.0 Å². The molecule has 0 aromatic heterocycles. The number of guanidine groups is 1. The molecule has 1 aliphatic heterocycles. The third-order valence-corrected chi connectivity index (χ3v) is 5.71. The zero-order valence-corrected chi connectivity index (χ0v) is 19.9. The van der Waals surface area contributed by atoms with Crippen LogP contribution in [0.15, 0.2) is 40.2 Å². The van der Waals surface area contributed by atoms with Gasteiger partial charge in [-0.3, -0.25) is 9.20 Å². The Labute approximate surface area is 188 Å². The molecule has 1 saturated heterocycles. The Hall–Kier alpha value is -0.710. The molecule has 0 spiro atoms. The van der Waals surface area contributed by atoms with Crippen molar-refractivity contribution in [1.82, 2.24) is 10.6 Å². The number of halogens is 1. The first kappa shape index (κ1) is 25.3. The molecular weight excluding hydrogens is 489 g/mol. The van der Waals surface area contributed by atoms with Crippen molar-refractivity contribution < 1.29 is 13.7 Å². The summed E-state index contributed by atoms with van der Waals surface area (Å²) in [4.78, 5) is 5.43. The van der Waals surface area contributed by atoms with Gasteiger partial charge in [-0.15, -0.1) is 24.0 Å². The third-order valence-electron chi connectivity index (χ3n) is 4.34. The smallest absolute Gasteiger partial charge is 0.191 e. The fourth-order valence-corrected chi connectivity index (χ4v) is 3.80. The van der Waals surface area contributed by atoms with Crippen LogP contribution in [0.1, 0.15) is 26.2 Å². The third kappa shape index (κ3) is 10.7. The van der Waals surface area contributed by atoms with Crippen LogP contribution in [-0.2, 0) is 20.3 Å². The lowest BCUT2D eigenvalue weighted by atomic mass is 10.0. The lowest BCUT2D eigenvalue weighted by molar-refractivity contribution is 0.0205. The summed E-state index contributed by atoms with van der Waals surface area (Å²) in [7, 11) is -0.991. The average Bonchev–Trinajstić information content (AvgIpc) is 2.71. The Kier molecular flexibility index (Phi) is 14.6. The predicted octanol–water partition coefficient (Wildman–Crippen LogP) is 2.80. The molecule has 1 aromatic rings. The zero-order chi connectivity index (χ0) is 19.2. The highest BCUT2D eigenvalue weighted by Gasteiger charge is 2.13. The van der Waals surface area contributed by atoms with E-state index in [-0.39, 0.29) is 24.0 Å². The van der Waals surface area contributed by atoms with Crippen molar-refractivity contribution in [3.05, 3.63) is 30.3 Å². The van der Waals surface area contributed by atoms with E-state index in [1.165, 1.54) is 0 Å². The van der Waals surface area contributed by atoms with Gasteiger partial charge in [0, 0.05) is 56.7 Å². The lowest BCUT2D eigenvalue weighted by Gasteiger charge is -2.21. The summed E-state index contributed by atoms with van der Waals surface area (Å²) in [6.45, 7) is 7.47. The fourth-order valence-electron chi connectivity index (χ4n) is 2.81. The average molecular weight is 523 g/mol. The van der Waals surface area contributed by atoms with Gasteiger partial charge < -0.3 is 20.1 Å². The molecule has 1 aliphatic rings. The Morgan fingerprint density at radius 3 is 2.71 bits per heavy atom. The van der Waals surface area contributed by atoms with Crippen LogP contribution in [0.2, 0.25) is 0 Å². The van der Waals surface area contributed by atoms with Crippen molar-refractivity contribution in [1.29, 1.82) is 0 Å². The highest BCUT2D eigenvalue weighted by molar-refractivity contribution is 14.0. The van der Waals surface area contributed by atoms with Gasteiger partial charge in [-0.1, -0.05) is 18.2 Å². The van der Waals surface area contributed by atoms with E-state index in [1.54, 1.807) is 0 Å². The summed E-state index contributed by atoms with van der Waals surface area (Å²) in [6, 6.07) is 9.56. The van der Waals surface area contributed by atoms with E-state index in [0.29, 0.717) is 24.8 Å². The maximum atomic E-state index is 12.2. The molecule has 0 radical (unpaired) electrons. The molecule has 0 saturated carbocycles. The predicted molar refractivity (Wildman–Crippen MR) is 126 cm³/mol. The molecule has 1 aromatic carbocycles. The number of hydrogen-bond donors (Lipinski definition) is 2. The van der Waals surface area contributed by atoms with Gasteiger partial charge in [0.05, 0.1) is 10.8 Å². The summed E-state index contributed by atoms with van der Waals surface area (Å²) >= 11 is 0. The van der Waals surface area contributed by atoms with E-state index in [0.717, 1.165) is 63.1 Å². The first-order valence-corrected chi connectivity index (χ1v) is 11.2. The van der Waals surface area contributed by atoms with Crippen LogP contribution in [0.3, 0.4) is 0 Å². The van der Waals surface area contributed by atoms with Crippen molar-refractivity contribution >= 4 is 40.7 Å². The van der Waals surface area contributed by atoms with Crippen molar-refractivity contribution in [3.8, 4) is 0 Å². The minimum Gasteiger partial charge on any atom is -0.381 e. The molecule has 1 atom stereocenters. The van der Waals surface area contributed by atoms with Gasteiger partial charge in [-0.05, 0) is 44.2 Å². The Balaban J connectivity index is 0.00000392. The van der Waals surface area contributed by atoms with Gasteiger partial charge in [0.25, 0.3) is 0 Å². The number of nitrogens with zero attached hydrogens (tertiary/aromatic N) is 1. The molecular formula is C20H34IN3O3S. The maximum absolute atomic E-state index is 12.2. The summed E-state index contributed by atoms with van der Waals surface area (Å²) < 4.78 is 23.4. The van der Waals surface area contributed by atoms with E-state index in [1.807, 2.05) is 37.3 Å². The Bertz CT molecular complexity index is 569. The molecule has 0 aliphatic carbocycles. The zero-order valence-electron chi connectivity index (χ0n) is 16.7. The molecule has 6 nitrogen and oxygen atoms in total. The minimum absolute atomic E-state index is 0. The van der Waals surface area contributed by atoms with Crippen LogP contribution in [-0.4, -0.2) is 62.0 Å². The minimum atomic E-state index is -0.991. The molecule has 1 heterocycles. The second-order valence-electron chi connectivity index (χ2n) is 6.53. The van der Waals surface area contributed by atoms with E-state index >= 15 is 0 Å². The van der Waals surface area contributed by atoms with E-state index < -0.39 is 10.8 Å². The lowest BCUT2D eigenvalue weighted by Crippen LogP contribution is -2.39. The fraction of sp³-hybridized carbons (Fsp3) is 0.650. The second kappa shape index (κ2) is 16.1. The summed E-state index contributed by atoms with van der Waals surface area (Å²) in [5.41, 5.74) is 0. The number of nitrogens with one attached hydrogen (secondary N) is 2. The van der Waals surface area contributed by atoms with Crippen molar-refractivity contribution in [3.63, 3.8) is 0 Å². The number of hydrogen-bond acceptors (Lipinski definition) is 4. The monoisotopic (exact) mass is 523 g/mol. The standard InChI is InChI=1S/C20H33N3O3S.HI/c1-2-21-20(23-12-16-27(24)19-7-4-3-5-8-19)22-11-6-13-26-17-18-9-14-25-15-10-18;/h3-5,7-8,18H,2,6,9-17H2,1H3,(H2,21,22,23);1H. The van der Waals surface area contributed by atoms with Gasteiger partial charge in [0.2, 0.25) is 0 Å². The second-order valence-corrected chi connectivity index (χ2v) is 8.11. The molecule has 160 valence electrons. The number of aliphatic imine (C=N–C) groups is 1. The van der Waals surface area contributed by atoms with Crippen LogP contribution < -0.4 is 10.6 Å². The Morgan fingerprint density at radius 1 is 1.25 bits per heavy atom. The molecule has 0 bridgehead atoms. The van der Waals surface area contributed by atoms with Crippen molar-refractivity contribution in [2.75, 3.05) is 51.8 Å². The maximum Gasteiger partial charge on any atom is 0.191 e. The topological polar surface area (TPSA) is 72.0 Å². The van der Waals surface area contributed by atoms with Crippen molar-refractivity contribution in [2.45, 2.75) is 31.1 Å². The molecule has 0 amide bonds. The summed E-state index contributed by atoms with van der Waals surface area (Å²) in [5, 5.41) is 6.48. The largest absolute Gasteiger partial charge is 0.381 e. The Morgan fingerprint density at radius 2 is 2.00 bits per heavy atom. The number of ether oxygens (including phenoxy) is 2. The van der Waals surface area contributed by atoms with E-state index in [2.05, 4.69) is 15.6 Å². The van der Waals surface area contributed by atoms with E-state index in [4.69, 9.17) is 9.47 Å². The van der Waals surface area contributed by atoms with Gasteiger partial charge in [0.1, 0.15) is 0 Å². The number of benzene rings is 1. The quantitative estimate of drug-likeness (QED) is 0.202. The van der Waals surface area contributed by atoms with Crippen LogP contribution in [0, 0.1) is 5.92 Å². The van der Waals surface area contributed by atoms with Gasteiger partial charge in [-0.2, -0.15) is 0 Å². The van der Waals surface area contributed by atoms with Gasteiger partial charge in [-0.25, -0.2) is 0 Å². The first-order valence-electron chi connectivity index (χ1n) is 9.90. The van der Waals surface area contributed by atoms with Gasteiger partial charge >= 0.3 is 0 Å². The normalized spacial score (nSPS) is 16.2. The summed E-state index contributed by atoms with van der Waals surface area (Å²) in [6.07, 6.45) is 3.11. The first-order chi connectivity index (χ1) is 13.3. The van der Waals surface area contributed by atoms with Gasteiger partial charge in [0.15, 0.2) is 5.96 Å². The van der Waals surface area contributed by atoms with Crippen molar-refractivity contribution in [2.24, 2.45) is 10.9 Å². The molecule has 2 N–H and O–H groups in total. The van der Waals surface area contributed by atoms with E-state index in [9.17, 15) is 4.21 Å². The molecule has 8 heteroatoms. The summed E-state index contributed by atoms with van der Waals surface area (Å²) in [5.74, 6) is 1.97.